The summed E-state index contributed by atoms with van der Waals surface area (Å²) in [5.41, 5.74) is -1.35. The maximum atomic E-state index is 12.3. The van der Waals surface area contributed by atoms with Crippen LogP contribution in [0.5, 0.6) is 0 Å². The molecule has 9 heteroatoms. The van der Waals surface area contributed by atoms with Gasteiger partial charge >= 0.3 is 5.69 Å². The number of ether oxygens (including phenoxy) is 3. The Morgan fingerprint density at radius 1 is 1.40 bits per heavy atom. The Labute approximate surface area is 145 Å². The third-order valence-corrected chi connectivity index (χ3v) is 4.18. The SMILES string of the molecule is COC[C@H]1O[C@@H](n2cc(C(=O)CCN(C)C)c(=O)[nH]c2=O)C[C@H]1OC. The summed E-state index contributed by atoms with van der Waals surface area (Å²) in [6.07, 6.45) is 0.693. The van der Waals surface area contributed by atoms with E-state index in [1.165, 1.54) is 10.8 Å². The lowest BCUT2D eigenvalue weighted by Crippen LogP contribution is -2.36. The summed E-state index contributed by atoms with van der Waals surface area (Å²) in [6.45, 7) is 0.834. The number of rotatable bonds is 8. The van der Waals surface area contributed by atoms with E-state index in [2.05, 4.69) is 4.98 Å². The summed E-state index contributed by atoms with van der Waals surface area (Å²) in [4.78, 5) is 40.5. The highest BCUT2D eigenvalue weighted by Gasteiger charge is 2.37. The van der Waals surface area contributed by atoms with Crippen molar-refractivity contribution in [1.29, 1.82) is 0 Å². The lowest BCUT2D eigenvalue weighted by molar-refractivity contribution is -0.0618. The highest BCUT2D eigenvalue weighted by molar-refractivity contribution is 5.95. The minimum Gasteiger partial charge on any atom is -0.382 e. The highest BCUT2D eigenvalue weighted by atomic mass is 16.6. The molecule has 2 heterocycles. The van der Waals surface area contributed by atoms with E-state index < -0.39 is 17.5 Å². The quantitative estimate of drug-likeness (QED) is 0.634. The van der Waals surface area contributed by atoms with Crippen LogP contribution in [0.2, 0.25) is 0 Å². The lowest BCUT2D eigenvalue weighted by atomic mass is 10.1. The van der Waals surface area contributed by atoms with E-state index >= 15 is 0 Å². The van der Waals surface area contributed by atoms with E-state index in [4.69, 9.17) is 14.2 Å². The molecule has 1 aromatic heterocycles. The van der Waals surface area contributed by atoms with Gasteiger partial charge in [-0.3, -0.25) is 19.1 Å². The molecule has 9 nitrogen and oxygen atoms in total. The summed E-state index contributed by atoms with van der Waals surface area (Å²) in [7, 11) is 6.79. The van der Waals surface area contributed by atoms with Gasteiger partial charge in [-0.2, -0.15) is 0 Å². The van der Waals surface area contributed by atoms with Crippen LogP contribution in [0.4, 0.5) is 0 Å². The molecule has 1 aliphatic rings. The smallest absolute Gasteiger partial charge is 0.330 e. The number of hydrogen-bond acceptors (Lipinski definition) is 7. The van der Waals surface area contributed by atoms with Crippen molar-refractivity contribution in [2.24, 2.45) is 0 Å². The van der Waals surface area contributed by atoms with Gasteiger partial charge in [0.1, 0.15) is 12.3 Å². The molecular formula is C16H25N3O6. The van der Waals surface area contributed by atoms with Gasteiger partial charge in [0.2, 0.25) is 0 Å². The van der Waals surface area contributed by atoms with Gasteiger partial charge in [-0.25, -0.2) is 4.79 Å². The first kappa shape index (κ1) is 19.5. The van der Waals surface area contributed by atoms with Gasteiger partial charge in [0, 0.05) is 39.8 Å². The van der Waals surface area contributed by atoms with Crippen LogP contribution in [-0.4, -0.2) is 73.9 Å². The second-order valence-electron chi connectivity index (χ2n) is 6.28. The van der Waals surface area contributed by atoms with Gasteiger partial charge in [-0.1, -0.05) is 0 Å². The van der Waals surface area contributed by atoms with Gasteiger partial charge < -0.3 is 19.1 Å². The van der Waals surface area contributed by atoms with Crippen LogP contribution in [0, 0.1) is 0 Å². The molecule has 0 amide bonds. The molecule has 1 aromatic rings. The Morgan fingerprint density at radius 3 is 2.72 bits per heavy atom. The van der Waals surface area contributed by atoms with Gasteiger partial charge in [0.15, 0.2) is 5.78 Å². The molecule has 0 aromatic carbocycles. The zero-order chi connectivity index (χ0) is 18.6. The Bertz CT molecular complexity index is 711. The Kier molecular flexibility index (Phi) is 6.65. The number of H-pyrrole nitrogens is 1. The molecule has 140 valence electrons. The molecular weight excluding hydrogens is 330 g/mol. The van der Waals surface area contributed by atoms with Crippen molar-refractivity contribution >= 4 is 5.78 Å². The monoisotopic (exact) mass is 355 g/mol. The fourth-order valence-corrected chi connectivity index (χ4v) is 2.79. The van der Waals surface area contributed by atoms with Crippen LogP contribution >= 0.6 is 0 Å². The van der Waals surface area contributed by atoms with Crippen molar-refractivity contribution in [3.63, 3.8) is 0 Å². The van der Waals surface area contributed by atoms with E-state index in [0.29, 0.717) is 19.6 Å². The van der Waals surface area contributed by atoms with Crippen LogP contribution in [0.25, 0.3) is 0 Å². The fraction of sp³-hybridized carbons (Fsp3) is 0.688. The molecule has 0 spiro atoms. The number of nitrogens with zero attached hydrogens (tertiary/aromatic N) is 2. The predicted octanol–water partition coefficient (Wildman–Crippen LogP) is -0.380. The van der Waals surface area contributed by atoms with Crippen molar-refractivity contribution in [3.05, 3.63) is 32.6 Å². The van der Waals surface area contributed by atoms with Crippen LogP contribution in [0.15, 0.2) is 15.8 Å². The molecule has 25 heavy (non-hydrogen) atoms. The van der Waals surface area contributed by atoms with Crippen LogP contribution < -0.4 is 11.2 Å². The van der Waals surface area contributed by atoms with Gasteiger partial charge in [-0.05, 0) is 14.1 Å². The summed E-state index contributed by atoms with van der Waals surface area (Å²) in [6, 6.07) is 0. The van der Waals surface area contributed by atoms with Crippen LogP contribution in [0.1, 0.15) is 29.4 Å². The molecule has 0 radical (unpaired) electrons. The third-order valence-electron chi connectivity index (χ3n) is 4.18. The average molecular weight is 355 g/mol. The molecule has 0 saturated carbocycles. The standard InChI is InChI=1S/C16H25N3O6/c1-18(2)6-5-11(20)10-8-19(16(22)17-15(10)21)14-7-12(24-4)13(25-14)9-23-3/h8,12-14H,5-7,9H2,1-4H3,(H,17,21,22)/t12-,13-,14-/m1/s1. The van der Waals surface area contributed by atoms with E-state index in [9.17, 15) is 14.4 Å². The molecule has 2 rings (SSSR count). The molecule has 0 bridgehead atoms. The summed E-state index contributed by atoms with van der Waals surface area (Å²) >= 11 is 0. The van der Waals surface area contributed by atoms with E-state index in [-0.39, 0.29) is 30.0 Å². The number of aromatic nitrogens is 2. The molecule has 0 unspecified atom stereocenters. The topological polar surface area (TPSA) is 103 Å². The third kappa shape index (κ3) is 4.63. The fourth-order valence-electron chi connectivity index (χ4n) is 2.79. The first-order chi connectivity index (χ1) is 11.9. The normalized spacial score (nSPS) is 23.3. The van der Waals surface area contributed by atoms with Gasteiger partial charge in [0.25, 0.3) is 5.56 Å². The van der Waals surface area contributed by atoms with E-state index in [1.54, 1.807) is 14.2 Å². The summed E-state index contributed by atoms with van der Waals surface area (Å²) < 4.78 is 17.5. The second-order valence-corrected chi connectivity index (χ2v) is 6.28. The van der Waals surface area contributed by atoms with Crippen LogP contribution in [-0.2, 0) is 14.2 Å². The average Bonchev–Trinajstić information content (AvgIpc) is 2.95. The number of ketones is 1. The Morgan fingerprint density at radius 2 is 2.12 bits per heavy atom. The minimum atomic E-state index is -0.681. The summed E-state index contributed by atoms with van der Waals surface area (Å²) in [5.74, 6) is -0.321. The van der Waals surface area contributed by atoms with Crippen molar-refractivity contribution < 1.29 is 19.0 Å². The van der Waals surface area contributed by atoms with Crippen molar-refractivity contribution in [1.82, 2.24) is 14.5 Å². The zero-order valence-corrected chi connectivity index (χ0v) is 15.0. The van der Waals surface area contributed by atoms with E-state index in [1.807, 2.05) is 19.0 Å². The van der Waals surface area contributed by atoms with Crippen molar-refractivity contribution in [2.45, 2.75) is 31.3 Å². The number of Topliss-reactive ketones (excluding diaryl/α,β-unsaturated/α-hetero) is 1. The number of nitrogens with one attached hydrogen (secondary N) is 1. The molecule has 1 N–H and O–H groups in total. The number of methoxy groups -OCH3 is 2. The summed E-state index contributed by atoms with van der Waals surface area (Å²) in [5, 5.41) is 0. The van der Waals surface area contributed by atoms with Crippen molar-refractivity contribution in [2.75, 3.05) is 41.5 Å². The van der Waals surface area contributed by atoms with Crippen LogP contribution in [0.3, 0.4) is 0 Å². The minimum absolute atomic E-state index is 0.0470. The first-order valence-corrected chi connectivity index (χ1v) is 8.08. The first-order valence-electron chi connectivity index (χ1n) is 8.08. The lowest BCUT2D eigenvalue weighted by Gasteiger charge is -2.16. The van der Waals surface area contributed by atoms with Crippen molar-refractivity contribution in [3.8, 4) is 0 Å². The number of carbonyl (C=O) groups excluding carboxylic acids is 1. The molecule has 1 saturated heterocycles. The number of carbonyl (C=O) groups is 1. The predicted molar refractivity (Wildman–Crippen MR) is 90.0 cm³/mol. The van der Waals surface area contributed by atoms with Gasteiger partial charge in [-0.15, -0.1) is 0 Å². The number of hydrogen-bond donors (Lipinski definition) is 1. The second kappa shape index (κ2) is 8.52. The largest absolute Gasteiger partial charge is 0.382 e. The van der Waals surface area contributed by atoms with E-state index in [0.717, 1.165) is 0 Å². The highest BCUT2D eigenvalue weighted by Crippen LogP contribution is 2.29. The molecule has 1 aliphatic heterocycles. The Balaban J connectivity index is 2.27. The zero-order valence-electron chi connectivity index (χ0n) is 15.0. The van der Waals surface area contributed by atoms with Gasteiger partial charge in [0.05, 0.1) is 18.3 Å². The molecule has 0 aliphatic carbocycles. The maximum absolute atomic E-state index is 12.3. The Hall–Kier alpha value is -1.81. The molecule has 3 atom stereocenters. The molecule has 1 fully saturated rings. The maximum Gasteiger partial charge on any atom is 0.330 e. The number of aromatic amines is 1.